The van der Waals surface area contributed by atoms with Crippen molar-refractivity contribution in [2.75, 3.05) is 33.9 Å². The Balaban J connectivity index is 0.00000300. The first-order valence-corrected chi connectivity index (χ1v) is 9.90. The normalized spacial score (nSPS) is 16.4. The molecule has 0 spiro atoms. The van der Waals surface area contributed by atoms with Gasteiger partial charge in [-0.1, -0.05) is 42.5 Å². The molecule has 1 saturated heterocycles. The molecule has 0 aliphatic carbocycles. The molecule has 5 nitrogen and oxygen atoms in total. The largest absolute Gasteiger partial charge is 0.496 e. The fourth-order valence-electron chi connectivity index (χ4n) is 3.57. The number of nitrogens with one attached hydrogen (secondary N) is 1. The number of rotatable bonds is 7. The fraction of sp³-hybridized carbons (Fsp3) is 0.435. The van der Waals surface area contributed by atoms with Crippen molar-refractivity contribution in [2.45, 2.75) is 26.5 Å². The quantitative estimate of drug-likeness (QED) is 0.345. The van der Waals surface area contributed by atoms with E-state index in [1.54, 1.807) is 7.11 Å². The van der Waals surface area contributed by atoms with Gasteiger partial charge in [0.1, 0.15) is 5.75 Å². The third kappa shape index (κ3) is 6.89. The van der Waals surface area contributed by atoms with Crippen LogP contribution in [0.2, 0.25) is 0 Å². The number of halogens is 1. The molecule has 1 aliphatic heterocycles. The molecule has 1 heterocycles. The van der Waals surface area contributed by atoms with Gasteiger partial charge < -0.3 is 19.7 Å². The summed E-state index contributed by atoms with van der Waals surface area (Å²) in [6.07, 6.45) is 1.13. The fourth-order valence-corrected chi connectivity index (χ4v) is 3.57. The van der Waals surface area contributed by atoms with E-state index in [0.717, 1.165) is 49.9 Å². The Kier molecular flexibility index (Phi) is 9.73. The summed E-state index contributed by atoms with van der Waals surface area (Å²) >= 11 is 0. The number of guanidine groups is 1. The van der Waals surface area contributed by atoms with Crippen LogP contribution in [-0.2, 0) is 17.9 Å². The molecule has 1 N–H and O–H groups in total. The number of methoxy groups -OCH3 is 1. The third-order valence-corrected chi connectivity index (χ3v) is 5.19. The van der Waals surface area contributed by atoms with Crippen molar-refractivity contribution in [1.29, 1.82) is 0 Å². The number of likely N-dealkylation sites (tertiary alicyclic amines) is 1. The lowest BCUT2D eigenvalue weighted by Gasteiger charge is -2.22. The van der Waals surface area contributed by atoms with Crippen LogP contribution in [0.5, 0.6) is 5.75 Å². The number of hydrogen-bond donors (Lipinski definition) is 1. The Labute approximate surface area is 191 Å². The predicted octanol–water partition coefficient (Wildman–Crippen LogP) is 4.24. The molecule has 158 valence electrons. The summed E-state index contributed by atoms with van der Waals surface area (Å²) in [6.45, 7) is 6.24. The van der Waals surface area contributed by atoms with Crippen LogP contribution in [-0.4, -0.2) is 44.7 Å². The van der Waals surface area contributed by atoms with Crippen LogP contribution < -0.4 is 10.1 Å². The van der Waals surface area contributed by atoms with Crippen molar-refractivity contribution >= 4 is 29.9 Å². The van der Waals surface area contributed by atoms with E-state index >= 15 is 0 Å². The summed E-state index contributed by atoms with van der Waals surface area (Å²) in [5.41, 5.74) is 3.56. The van der Waals surface area contributed by atoms with Crippen LogP contribution in [0, 0.1) is 12.8 Å². The monoisotopic (exact) mass is 509 g/mol. The minimum absolute atomic E-state index is 0. The van der Waals surface area contributed by atoms with Gasteiger partial charge in [-0.2, -0.15) is 0 Å². The predicted molar refractivity (Wildman–Crippen MR) is 129 cm³/mol. The van der Waals surface area contributed by atoms with Crippen LogP contribution in [0.1, 0.15) is 23.1 Å². The van der Waals surface area contributed by atoms with Gasteiger partial charge in [0.2, 0.25) is 0 Å². The minimum Gasteiger partial charge on any atom is -0.496 e. The second kappa shape index (κ2) is 12.0. The number of nitrogens with zero attached hydrogens (tertiary/aromatic N) is 2. The summed E-state index contributed by atoms with van der Waals surface area (Å²) in [5, 5.41) is 3.48. The molecule has 29 heavy (non-hydrogen) atoms. The highest BCUT2D eigenvalue weighted by Crippen LogP contribution is 2.20. The molecular formula is C23H32IN3O2. The Bertz CT molecular complexity index is 783. The Morgan fingerprint density at radius 2 is 1.97 bits per heavy atom. The molecule has 0 saturated carbocycles. The number of aliphatic imine (C=N–C) groups is 1. The standard InChI is InChI=1S/C23H31N3O2.HI/c1-18-9-10-20(13-22(18)27-3)14-25-23(24-2)26-12-11-21(15-26)17-28-16-19-7-5-4-6-8-19;/h4-10,13,21H,11-12,14-17H2,1-3H3,(H,24,25);1H. The van der Waals surface area contributed by atoms with Crippen LogP contribution >= 0.6 is 24.0 Å². The van der Waals surface area contributed by atoms with Gasteiger partial charge in [0.05, 0.1) is 20.3 Å². The van der Waals surface area contributed by atoms with Crippen molar-refractivity contribution in [3.8, 4) is 5.75 Å². The van der Waals surface area contributed by atoms with Gasteiger partial charge in [-0.15, -0.1) is 24.0 Å². The van der Waals surface area contributed by atoms with E-state index in [2.05, 4.69) is 64.6 Å². The van der Waals surface area contributed by atoms with Crippen LogP contribution in [0.25, 0.3) is 0 Å². The molecule has 0 aromatic heterocycles. The van der Waals surface area contributed by atoms with E-state index in [9.17, 15) is 0 Å². The topological polar surface area (TPSA) is 46.1 Å². The highest BCUT2D eigenvalue weighted by Gasteiger charge is 2.25. The van der Waals surface area contributed by atoms with Gasteiger partial charge in [-0.05, 0) is 36.1 Å². The van der Waals surface area contributed by atoms with E-state index in [0.29, 0.717) is 12.5 Å². The van der Waals surface area contributed by atoms with Crippen molar-refractivity contribution in [3.05, 3.63) is 65.2 Å². The van der Waals surface area contributed by atoms with Crippen molar-refractivity contribution in [1.82, 2.24) is 10.2 Å². The molecule has 0 amide bonds. The minimum atomic E-state index is 0. The summed E-state index contributed by atoms with van der Waals surface area (Å²) in [7, 11) is 3.56. The van der Waals surface area contributed by atoms with E-state index in [1.807, 2.05) is 13.1 Å². The molecule has 3 rings (SSSR count). The Morgan fingerprint density at radius 3 is 2.69 bits per heavy atom. The lowest BCUT2D eigenvalue weighted by atomic mass is 10.1. The average Bonchev–Trinajstić information content (AvgIpc) is 3.19. The average molecular weight is 509 g/mol. The van der Waals surface area contributed by atoms with Gasteiger partial charge in [0, 0.05) is 32.6 Å². The second-order valence-corrected chi connectivity index (χ2v) is 7.31. The van der Waals surface area contributed by atoms with Gasteiger partial charge in [-0.25, -0.2) is 0 Å². The van der Waals surface area contributed by atoms with E-state index in [-0.39, 0.29) is 24.0 Å². The first-order chi connectivity index (χ1) is 13.7. The number of ether oxygens (including phenoxy) is 2. The molecule has 0 bridgehead atoms. The molecule has 2 aromatic rings. The summed E-state index contributed by atoms with van der Waals surface area (Å²) in [6, 6.07) is 16.6. The smallest absolute Gasteiger partial charge is 0.193 e. The first-order valence-electron chi connectivity index (χ1n) is 9.90. The summed E-state index contributed by atoms with van der Waals surface area (Å²) in [4.78, 5) is 6.79. The number of aryl methyl sites for hydroxylation is 1. The van der Waals surface area contributed by atoms with Crippen molar-refractivity contribution in [2.24, 2.45) is 10.9 Å². The molecule has 1 aliphatic rings. The zero-order valence-corrected chi connectivity index (χ0v) is 19.9. The Morgan fingerprint density at radius 1 is 1.17 bits per heavy atom. The van der Waals surface area contributed by atoms with Crippen LogP contribution in [0.15, 0.2) is 53.5 Å². The number of benzene rings is 2. The van der Waals surface area contributed by atoms with Gasteiger partial charge in [0.15, 0.2) is 5.96 Å². The molecule has 2 aromatic carbocycles. The van der Waals surface area contributed by atoms with Crippen molar-refractivity contribution < 1.29 is 9.47 Å². The SMILES string of the molecule is CN=C(NCc1ccc(C)c(OC)c1)N1CCC(COCc2ccccc2)C1.I. The lowest BCUT2D eigenvalue weighted by Crippen LogP contribution is -2.39. The van der Waals surface area contributed by atoms with Crippen LogP contribution in [0.4, 0.5) is 0 Å². The second-order valence-electron chi connectivity index (χ2n) is 7.31. The number of hydrogen-bond acceptors (Lipinski definition) is 3. The first kappa shape index (κ1) is 23.5. The Hall–Kier alpha value is -1.80. The molecule has 0 radical (unpaired) electrons. The molecule has 1 unspecified atom stereocenters. The maximum Gasteiger partial charge on any atom is 0.193 e. The maximum atomic E-state index is 5.93. The van der Waals surface area contributed by atoms with Crippen LogP contribution in [0.3, 0.4) is 0 Å². The highest BCUT2D eigenvalue weighted by atomic mass is 127. The summed E-state index contributed by atoms with van der Waals surface area (Å²) < 4.78 is 11.4. The third-order valence-electron chi connectivity index (χ3n) is 5.19. The van der Waals surface area contributed by atoms with E-state index in [1.165, 1.54) is 11.1 Å². The molecule has 6 heteroatoms. The van der Waals surface area contributed by atoms with Gasteiger partial charge in [-0.3, -0.25) is 4.99 Å². The molecule has 1 fully saturated rings. The zero-order chi connectivity index (χ0) is 19.8. The lowest BCUT2D eigenvalue weighted by molar-refractivity contribution is 0.0906. The highest BCUT2D eigenvalue weighted by molar-refractivity contribution is 14.0. The maximum absolute atomic E-state index is 5.93. The van der Waals surface area contributed by atoms with E-state index < -0.39 is 0 Å². The molecular weight excluding hydrogens is 477 g/mol. The zero-order valence-electron chi connectivity index (χ0n) is 17.6. The van der Waals surface area contributed by atoms with Gasteiger partial charge >= 0.3 is 0 Å². The van der Waals surface area contributed by atoms with E-state index in [4.69, 9.17) is 9.47 Å². The summed E-state index contributed by atoms with van der Waals surface area (Å²) in [5.74, 6) is 2.41. The van der Waals surface area contributed by atoms with Gasteiger partial charge in [0.25, 0.3) is 0 Å². The van der Waals surface area contributed by atoms with Crippen molar-refractivity contribution in [3.63, 3.8) is 0 Å². The molecule has 1 atom stereocenters.